The van der Waals surface area contributed by atoms with Crippen LogP contribution in [0.3, 0.4) is 0 Å². The molecule has 0 aliphatic rings. The minimum Gasteiger partial charge on any atom is -0.354 e. The molecule has 102 valence electrons. The second-order valence-corrected chi connectivity index (χ2v) is 4.86. The molecule has 1 amide bonds. The highest BCUT2D eigenvalue weighted by Crippen LogP contribution is 2.03. The molecule has 6 heteroatoms. The molecule has 1 heterocycles. The molecule has 0 aliphatic carbocycles. The molecule has 0 bridgehead atoms. The number of rotatable bonds is 7. The fourth-order valence-corrected chi connectivity index (χ4v) is 1.90. The second kappa shape index (κ2) is 7.31. The molecule has 0 fully saturated rings. The van der Waals surface area contributed by atoms with Crippen LogP contribution >= 0.6 is 12.2 Å². The van der Waals surface area contributed by atoms with Gasteiger partial charge in [0.25, 0.3) is 0 Å². The normalized spacial score (nSPS) is 12.4. The predicted octanol–water partition coefficient (Wildman–Crippen LogP) is 2.20. The highest BCUT2D eigenvalue weighted by Gasteiger charge is 2.09. The van der Waals surface area contributed by atoms with Crippen molar-refractivity contribution in [2.75, 3.05) is 0 Å². The van der Waals surface area contributed by atoms with Crippen molar-refractivity contribution in [2.45, 2.75) is 59.0 Å². The monoisotopic (exact) mass is 270 g/mol. The van der Waals surface area contributed by atoms with Gasteiger partial charge in [-0.2, -0.15) is 5.10 Å². The molecule has 18 heavy (non-hydrogen) atoms. The van der Waals surface area contributed by atoms with Crippen LogP contribution in [-0.2, 0) is 17.8 Å². The second-order valence-electron chi connectivity index (χ2n) is 4.47. The molecule has 0 saturated heterocycles. The van der Waals surface area contributed by atoms with Crippen LogP contribution in [0.1, 0.15) is 45.9 Å². The molecule has 2 N–H and O–H groups in total. The zero-order valence-electron chi connectivity index (χ0n) is 11.3. The maximum absolute atomic E-state index is 11.7. The van der Waals surface area contributed by atoms with Crippen LogP contribution in [0.15, 0.2) is 0 Å². The van der Waals surface area contributed by atoms with Crippen LogP contribution in [0.25, 0.3) is 0 Å². The zero-order chi connectivity index (χ0) is 13.5. The Kier molecular flexibility index (Phi) is 6.04. The Morgan fingerprint density at radius 1 is 1.56 bits per heavy atom. The van der Waals surface area contributed by atoms with Gasteiger partial charge in [-0.15, -0.1) is 0 Å². The third kappa shape index (κ3) is 4.25. The van der Waals surface area contributed by atoms with E-state index in [0.717, 1.165) is 25.1 Å². The number of nitrogens with one attached hydrogen (secondary N) is 2. The number of carbonyl (C=O) groups is 1. The summed E-state index contributed by atoms with van der Waals surface area (Å²) < 4.78 is 2.50. The number of amides is 1. The third-order valence-corrected chi connectivity index (χ3v) is 3.20. The Labute approximate surface area is 113 Å². The van der Waals surface area contributed by atoms with E-state index in [9.17, 15) is 4.79 Å². The summed E-state index contributed by atoms with van der Waals surface area (Å²) in [5, 5.41) is 9.90. The third-order valence-electron chi connectivity index (χ3n) is 2.89. The predicted molar refractivity (Wildman–Crippen MR) is 73.9 cm³/mol. The van der Waals surface area contributed by atoms with E-state index in [1.54, 1.807) is 0 Å². The first-order valence-corrected chi connectivity index (χ1v) is 6.92. The Balaban J connectivity index is 2.55. The summed E-state index contributed by atoms with van der Waals surface area (Å²) in [6.07, 6.45) is 3.27. The van der Waals surface area contributed by atoms with E-state index in [4.69, 9.17) is 12.2 Å². The van der Waals surface area contributed by atoms with Crippen molar-refractivity contribution in [1.29, 1.82) is 0 Å². The summed E-state index contributed by atoms with van der Waals surface area (Å²) in [7, 11) is 0. The van der Waals surface area contributed by atoms with Gasteiger partial charge in [0.2, 0.25) is 5.91 Å². The van der Waals surface area contributed by atoms with Gasteiger partial charge in [-0.05, 0) is 32.0 Å². The van der Waals surface area contributed by atoms with E-state index in [-0.39, 0.29) is 11.9 Å². The van der Waals surface area contributed by atoms with Gasteiger partial charge in [-0.1, -0.05) is 13.8 Å². The van der Waals surface area contributed by atoms with Crippen LogP contribution in [0.5, 0.6) is 0 Å². The molecule has 1 aromatic rings. The number of hydrogen-bond donors (Lipinski definition) is 2. The summed E-state index contributed by atoms with van der Waals surface area (Å²) in [6, 6.07) is 0.227. The molecular formula is C12H22N4OS. The lowest BCUT2D eigenvalue weighted by Gasteiger charge is -2.11. The molecule has 1 unspecified atom stereocenters. The van der Waals surface area contributed by atoms with Crippen molar-refractivity contribution >= 4 is 18.1 Å². The van der Waals surface area contributed by atoms with Crippen LogP contribution in [-0.4, -0.2) is 26.7 Å². The minimum absolute atomic E-state index is 0.0647. The molecule has 0 saturated carbocycles. The first kappa shape index (κ1) is 14.9. The first-order chi connectivity index (χ1) is 8.58. The Morgan fingerprint density at radius 2 is 2.28 bits per heavy atom. The molecule has 0 radical (unpaired) electrons. The highest BCUT2D eigenvalue weighted by atomic mass is 32.1. The molecule has 0 aromatic carbocycles. The smallest absolute Gasteiger partial charge is 0.222 e. The van der Waals surface area contributed by atoms with Crippen molar-refractivity contribution in [3.8, 4) is 0 Å². The first-order valence-electron chi connectivity index (χ1n) is 6.51. The molecule has 1 rings (SSSR count). The topological polar surface area (TPSA) is 62.7 Å². The quantitative estimate of drug-likeness (QED) is 0.747. The maximum atomic E-state index is 11.7. The maximum Gasteiger partial charge on any atom is 0.222 e. The summed E-state index contributed by atoms with van der Waals surface area (Å²) in [5.74, 6) is 0.994. The SMILES string of the molecule is CCCc1n[nH]c(=S)n1CCC(=O)NC(C)CC. The number of aromatic amines is 1. The molecule has 1 atom stereocenters. The molecule has 0 spiro atoms. The fourth-order valence-electron chi connectivity index (χ4n) is 1.66. The van der Waals surface area contributed by atoms with E-state index in [1.807, 2.05) is 11.5 Å². The van der Waals surface area contributed by atoms with Crippen LogP contribution in [0, 0.1) is 4.77 Å². The molecule has 0 aliphatic heterocycles. The van der Waals surface area contributed by atoms with E-state index in [0.29, 0.717) is 17.7 Å². The lowest BCUT2D eigenvalue weighted by atomic mass is 10.2. The summed E-state index contributed by atoms with van der Waals surface area (Å²) in [5.41, 5.74) is 0. The van der Waals surface area contributed by atoms with Crippen molar-refractivity contribution < 1.29 is 4.79 Å². The lowest BCUT2D eigenvalue weighted by Crippen LogP contribution is -2.32. The number of hydrogen-bond acceptors (Lipinski definition) is 3. The molecule has 1 aromatic heterocycles. The lowest BCUT2D eigenvalue weighted by molar-refractivity contribution is -0.121. The molecule has 5 nitrogen and oxygen atoms in total. The highest BCUT2D eigenvalue weighted by molar-refractivity contribution is 7.71. The Hall–Kier alpha value is -1.17. The average molecular weight is 270 g/mol. The average Bonchev–Trinajstić information content (AvgIpc) is 2.68. The number of aryl methyl sites for hydroxylation is 1. The molecular weight excluding hydrogens is 248 g/mol. The van der Waals surface area contributed by atoms with Crippen molar-refractivity contribution in [2.24, 2.45) is 0 Å². The summed E-state index contributed by atoms with van der Waals surface area (Å²) in [6.45, 7) is 6.74. The van der Waals surface area contributed by atoms with E-state index in [1.165, 1.54) is 0 Å². The van der Waals surface area contributed by atoms with Crippen LogP contribution < -0.4 is 5.32 Å². The van der Waals surface area contributed by atoms with Gasteiger partial charge in [-0.3, -0.25) is 9.89 Å². The van der Waals surface area contributed by atoms with Crippen LogP contribution in [0.2, 0.25) is 0 Å². The number of nitrogens with zero attached hydrogens (tertiary/aromatic N) is 2. The van der Waals surface area contributed by atoms with Crippen molar-refractivity contribution in [3.63, 3.8) is 0 Å². The van der Waals surface area contributed by atoms with E-state index < -0.39 is 0 Å². The van der Waals surface area contributed by atoms with Gasteiger partial charge in [-0.25, -0.2) is 0 Å². The summed E-state index contributed by atoms with van der Waals surface area (Å²) in [4.78, 5) is 11.7. The minimum atomic E-state index is 0.0647. The fraction of sp³-hybridized carbons (Fsp3) is 0.750. The number of carbonyl (C=O) groups excluding carboxylic acids is 1. The number of H-pyrrole nitrogens is 1. The van der Waals surface area contributed by atoms with Gasteiger partial charge in [0.05, 0.1) is 0 Å². The Morgan fingerprint density at radius 3 is 2.89 bits per heavy atom. The largest absolute Gasteiger partial charge is 0.354 e. The van der Waals surface area contributed by atoms with Crippen LogP contribution in [0.4, 0.5) is 0 Å². The number of aromatic nitrogens is 3. The van der Waals surface area contributed by atoms with E-state index >= 15 is 0 Å². The van der Waals surface area contributed by atoms with Gasteiger partial charge >= 0.3 is 0 Å². The van der Waals surface area contributed by atoms with Gasteiger partial charge in [0, 0.05) is 25.4 Å². The van der Waals surface area contributed by atoms with Gasteiger partial charge < -0.3 is 9.88 Å². The standard InChI is InChI=1S/C12H22N4OS/c1-4-6-10-14-15-12(18)16(10)8-7-11(17)13-9(3)5-2/h9H,4-8H2,1-3H3,(H,13,17)(H,15,18). The van der Waals surface area contributed by atoms with Crippen molar-refractivity contribution in [1.82, 2.24) is 20.1 Å². The zero-order valence-corrected chi connectivity index (χ0v) is 12.1. The van der Waals surface area contributed by atoms with Gasteiger partial charge in [0.1, 0.15) is 5.82 Å². The van der Waals surface area contributed by atoms with Crippen molar-refractivity contribution in [3.05, 3.63) is 10.6 Å². The van der Waals surface area contributed by atoms with E-state index in [2.05, 4.69) is 29.4 Å². The Bertz CT molecular complexity index is 438. The van der Waals surface area contributed by atoms with Gasteiger partial charge in [0.15, 0.2) is 4.77 Å². The summed E-state index contributed by atoms with van der Waals surface area (Å²) >= 11 is 5.16.